The summed E-state index contributed by atoms with van der Waals surface area (Å²) in [4.78, 5) is 0. The van der Waals surface area contributed by atoms with Crippen molar-refractivity contribution in [2.75, 3.05) is 6.54 Å². The maximum atomic E-state index is 4.57. The van der Waals surface area contributed by atoms with Gasteiger partial charge in [0.1, 0.15) is 0 Å². The second-order valence-corrected chi connectivity index (χ2v) is 5.27. The molecule has 0 spiro atoms. The first-order chi connectivity index (χ1) is 7.65. The topological polar surface area (TPSA) is 29.9 Å². The highest BCUT2D eigenvalue weighted by Crippen LogP contribution is 2.46. The summed E-state index contributed by atoms with van der Waals surface area (Å²) in [6.07, 6.45) is 7.41. The third-order valence-corrected chi connectivity index (χ3v) is 3.88. The Kier molecular flexibility index (Phi) is 3.33. The molecule has 1 aromatic rings. The SMILES string of the molecule is CCNC(c1ccn(C)n1)C1(C)CCCC1. The van der Waals surface area contributed by atoms with Crippen LogP contribution >= 0.6 is 0 Å². The number of aromatic nitrogens is 2. The van der Waals surface area contributed by atoms with Gasteiger partial charge >= 0.3 is 0 Å². The standard InChI is InChI=1S/C13H23N3/c1-4-14-12(11-7-10-16(3)15-11)13(2)8-5-6-9-13/h7,10,12,14H,4-6,8-9H2,1-3H3. The summed E-state index contributed by atoms with van der Waals surface area (Å²) in [6, 6.07) is 2.57. The van der Waals surface area contributed by atoms with Crippen LogP contribution in [0.4, 0.5) is 0 Å². The van der Waals surface area contributed by atoms with Gasteiger partial charge in [-0.25, -0.2) is 0 Å². The van der Waals surface area contributed by atoms with Crippen molar-refractivity contribution in [3.8, 4) is 0 Å². The van der Waals surface area contributed by atoms with E-state index in [0.29, 0.717) is 11.5 Å². The van der Waals surface area contributed by atoms with E-state index >= 15 is 0 Å². The van der Waals surface area contributed by atoms with E-state index in [2.05, 4.69) is 30.3 Å². The molecule has 2 rings (SSSR count). The fourth-order valence-electron chi connectivity index (χ4n) is 2.97. The summed E-state index contributed by atoms with van der Waals surface area (Å²) < 4.78 is 1.90. The van der Waals surface area contributed by atoms with Crippen LogP contribution in [0, 0.1) is 5.41 Å². The lowest BCUT2D eigenvalue weighted by Crippen LogP contribution is -2.34. The van der Waals surface area contributed by atoms with E-state index in [1.807, 2.05) is 17.9 Å². The van der Waals surface area contributed by atoms with E-state index in [1.54, 1.807) is 0 Å². The van der Waals surface area contributed by atoms with Gasteiger partial charge in [0.05, 0.1) is 11.7 Å². The van der Waals surface area contributed by atoms with Crippen molar-refractivity contribution in [2.24, 2.45) is 12.5 Å². The Labute approximate surface area is 98.2 Å². The van der Waals surface area contributed by atoms with E-state index in [1.165, 1.54) is 31.4 Å². The van der Waals surface area contributed by atoms with Gasteiger partial charge in [0.2, 0.25) is 0 Å². The van der Waals surface area contributed by atoms with E-state index in [4.69, 9.17) is 0 Å². The van der Waals surface area contributed by atoms with E-state index in [0.717, 1.165) is 6.54 Å². The Morgan fingerprint density at radius 3 is 2.69 bits per heavy atom. The number of nitrogens with zero attached hydrogens (tertiary/aromatic N) is 2. The Balaban J connectivity index is 2.22. The molecule has 0 radical (unpaired) electrons. The molecule has 1 aliphatic rings. The third kappa shape index (κ3) is 2.14. The number of hydrogen-bond donors (Lipinski definition) is 1. The number of aryl methyl sites for hydroxylation is 1. The van der Waals surface area contributed by atoms with Crippen molar-refractivity contribution in [3.63, 3.8) is 0 Å². The van der Waals surface area contributed by atoms with Gasteiger partial charge in [0.15, 0.2) is 0 Å². The lowest BCUT2D eigenvalue weighted by atomic mass is 9.79. The van der Waals surface area contributed by atoms with Gasteiger partial charge in [-0.1, -0.05) is 26.7 Å². The molecular weight excluding hydrogens is 198 g/mol. The van der Waals surface area contributed by atoms with Gasteiger partial charge in [-0.2, -0.15) is 5.10 Å². The van der Waals surface area contributed by atoms with Gasteiger partial charge in [0.25, 0.3) is 0 Å². The molecule has 0 aromatic carbocycles. The molecule has 0 aliphatic heterocycles. The minimum atomic E-state index is 0.393. The van der Waals surface area contributed by atoms with Crippen LogP contribution in [0.5, 0.6) is 0 Å². The van der Waals surface area contributed by atoms with Crippen LogP contribution in [0.15, 0.2) is 12.3 Å². The molecule has 1 aromatic heterocycles. The van der Waals surface area contributed by atoms with Crippen LogP contribution in [-0.4, -0.2) is 16.3 Å². The first-order valence-electron chi connectivity index (χ1n) is 6.38. The minimum Gasteiger partial charge on any atom is -0.308 e. The maximum Gasteiger partial charge on any atom is 0.0799 e. The summed E-state index contributed by atoms with van der Waals surface area (Å²) in [5, 5.41) is 8.19. The fraction of sp³-hybridized carbons (Fsp3) is 0.769. The molecule has 1 saturated carbocycles. The number of hydrogen-bond acceptors (Lipinski definition) is 2. The van der Waals surface area contributed by atoms with Gasteiger partial charge in [-0.3, -0.25) is 4.68 Å². The van der Waals surface area contributed by atoms with E-state index < -0.39 is 0 Å². The zero-order valence-corrected chi connectivity index (χ0v) is 10.7. The number of rotatable bonds is 4. The average Bonchev–Trinajstić information content (AvgIpc) is 2.85. The summed E-state index contributed by atoms with van der Waals surface area (Å²) >= 11 is 0. The smallest absolute Gasteiger partial charge is 0.0799 e. The Morgan fingerprint density at radius 2 is 2.19 bits per heavy atom. The molecule has 1 heterocycles. The zero-order valence-electron chi connectivity index (χ0n) is 10.7. The van der Waals surface area contributed by atoms with Crippen LogP contribution in [0.25, 0.3) is 0 Å². The molecule has 3 heteroatoms. The highest BCUT2D eigenvalue weighted by Gasteiger charge is 2.38. The minimum absolute atomic E-state index is 0.393. The molecule has 3 nitrogen and oxygen atoms in total. The van der Waals surface area contributed by atoms with Crippen LogP contribution < -0.4 is 5.32 Å². The van der Waals surface area contributed by atoms with Crippen LogP contribution in [-0.2, 0) is 7.05 Å². The van der Waals surface area contributed by atoms with Crippen LogP contribution in [0.1, 0.15) is 51.3 Å². The second kappa shape index (κ2) is 4.58. The predicted molar refractivity (Wildman–Crippen MR) is 66.2 cm³/mol. The molecule has 1 aliphatic carbocycles. The molecule has 1 N–H and O–H groups in total. The predicted octanol–water partition coefficient (Wildman–Crippen LogP) is 2.65. The molecule has 1 atom stereocenters. The van der Waals surface area contributed by atoms with Crippen molar-refractivity contribution < 1.29 is 0 Å². The Bertz CT molecular complexity index is 337. The normalized spacial score (nSPS) is 21.2. The Morgan fingerprint density at radius 1 is 1.50 bits per heavy atom. The first-order valence-corrected chi connectivity index (χ1v) is 6.38. The fourth-order valence-corrected chi connectivity index (χ4v) is 2.97. The zero-order chi connectivity index (χ0) is 11.6. The molecule has 1 fully saturated rings. The second-order valence-electron chi connectivity index (χ2n) is 5.27. The van der Waals surface area contributed by atoms with Crippen molar-refractivity contribution in [2.45, 2.75) is 45.6 Å². The monoisotopic (exact) mass is 221 g/mol. The third-order valence-electron chi connectivity index (χ3n) is 3.88. The molecule has 0 amide bonds. The van der Waals surface area contributed by atoms with Gasteiger partial charge in [-0.05, 0) is 30.9 Å². The first kappa shape index (κ1) is 11.6. The lowest BCUT2D eigenvalue weighted by Gasteiger charge is -2.33. The van der Waals surface area contributed by atoms with Crippen molar-refractivity contribution in [3.05, 3.63) is 18.0 Å². The number of nitrogens with one attached hydrogen (secondary N) is 1. The highest BCUT2D eigenvalue weighted by atomic mass is 15.3. The summed E-state index contributed by atoms with van der Waals surface area (Å²) in [6.45, 7) is 5.59. The molecule has 90 valence electrons. The molecule has 0 saturated heterocycles. The summed E-state index contributed by atoms with van der Waals surface area (Å²) in [5.41, 5.74) is 1.60. The molecule has 0 bridgehead atoms. The largest absolute Gasteiger partial charge is 0.308 e. The molecular formula is C13H23N3. The lowest BCUT2D eigenvalue weighted by molar-refractivity contribution is 0.221. The quantitative estimate of drug-likeness (QED) is 0.847. The molecule has 16 heavy (non-hydrogen) atoms. The maximum absolute atomic E-state index is 4.57. The average molecular weight is 221 g/mol. The highest BCUT2D eigenvalue weighted by molar-refractivity contribution is 5.11. The molecule has 1 unspecified atom stereocenters. The van der Waals surface area contributed by atoms with Crippen molar-refractivity contribution in [1.82, 2.24) is 15.1 Å². The van der Waals surface area contributed by atoms with Crippen molar-refractivity contribution >= 4 is 0 Å². The van der Waals surface area contributed by atoms with E-state index in [9.17, 15) is 0 Å². The Hall–Kier alpha value is -0.830. The van der Waals surface area contributed by atoms with E-state index in [-0.39, 0.29) is 0 Å². The van der Waals surface area contributed by atoms with Crippen LogP contribution in [0.2, 0.25) is 0 Å². The summed E-state index contributed by atoms with van der Waals surface area (Å²) in [5.74, 6) is 0. The van der Waals surface area contributed by atoms with Crippen molar-refractivity contribution in [1.29, 1.82) is 0 Å². The van der Waals surface area contributed by atoms with Gasteiger partial charge in [0, 0.05) is 13.2 Å². The van der Waals surface area contributed by atoms with Gasteiger partial charge in [-0.15, -0.1) is 0 Å². The van der Waals surface area contributed by atoms with Crippen LogP contribution in [0.3, 0.4) is 0 Å². The summed E-state index contributed by atoms with van der Waals surface area (Å²) in [7, 11) is 1.99. The van der Waals surface area contributed by atoms with Gasteiger partial charge < -0.3 is 5.32 Å².